The molecule has 3 heterocycles. The first kappa shape index (κ1) is 18.1. The van der Waals surface area contributed by atoms with Crippen molar-refractivity contribution in [3.05, 3.63) is 63.3 Å². The summed E-state index contributed by atoms with van der Waals surface area (Å²) in [6.07, 6.45) is 3.34. The Morgan fingerprint density at radius 1 is 1.00 bits per heavy atom. The van der Waals surface area contributed by atoms with E-state index in [0.29, 0.717) is 6.04 Å². The quantitative estimate of drug-likeness (QED) is 0.569. The van der Waals surface area contributed by atoms with E-state index < -0.39 is 0 Å². The summed E-state index contributed by atoms with van der Waals surface area (Å²) in [6.45, 7) is 4.95. The highest BCUT2D eigenvalue weighted by atomic mass is 32.1. The molecule has 5 nitrogen and oxygen atoms in total. The molecule has 3 aromatic rings. The molecule has 7 heteroatoms. The first-order valence-electron chi connectivity index (χ1n) is 10.0. The van der Waals surface area contributed by atoms with Gasteiger partial charge < -0.3 is 9.47 Å². The summed E-state index contributed by atoms with van der Waals surface area (Å²) in [7, 11) is 0. The maximum absolute atomic E-state index is 5.82. The number of para-hydroxylation sites is 1. The Hall–Kier alpha value is -1.96. The fraction of sp³-hybridized carbons (Fsp3) is 0.429. The zero-order chi connectivity index (χ0) is 18.9. The van der Waals surface area contributed by atoms with Crippen molar-refractivity contribution in [2.75, 3.05) is 31.1 Å². The van der Waals surface area contributed by atoms with Gasteiger partial charge in [-0.05, 0) is 48.6 Å². The van der Waals surface area contributed by atoms with E-state index >= 15 is 0 Å². The van der Waals surface area contributed by atoms with Gasteiger partial charge in [-0.15, -0.1) is 11.3 Å². The molecule has 1 aliphatic carbocycles. The molecule has 0 bridgehead atoms. The van der Waals surface area contributed by atoms with Crippen molar-refractivity contribution in [1.82, 2.24) is 19.2 Å². The van der Waals surface area contributed by atoms with Gasteiger partial charge in [0.25, 0.3) is 0 Å². The number of anilines is 1. The molecule has 0 radical (unpaired) electrons. The third kappa shape index (κ3) is 3.79. The van der Waals surface area contributed by atoms with E-state index in [1.807, 2.05) is 0 Å². The van der Waals surface area contributed by atoms with E-state index in [-0.39, 0.29) is 0 Å². The SMILES string of the molecule is S=c1n(CN2CCN(c3ccccc3)CC2)nc(Cc2cccs2)n1C1CC1. The lowest BCUT2D eigenvalue weighted by atomic mass is 10.2. The van der Waals surface area contributed by atoms with Gasteiger partial charge >= 0.3 is 0 Å². The second kappa shape index (κ2) is 7.81. The third-order valence-corrected chi connectivity index (χ3v) is 6.88. The van der Waals surface area contributed by atoms with Crippen LogP contribution in [-0.2, 0) is 13.1 Å². The van der Waals surface area contributed by atoms with E-state index in [9.17, 15) is 0 Å². The number of nitrogens with zero attached hydrogens (tertiary/aromatic N) is 5. The topological polar surface area (TPSA) is 29.2 Å². The number of rotatable bonds is 6. The lowest BCUT2D eigenvalue weighted by molar-refractivity contribution is 0.194. The lowest BCUT2D eigenvalue weighted by Gasteiger charge is -2.35. The first-order chi connectivity index (χ1) is 13.8. The Morgan fingerprint density at radius 3 is 2.46 bits per heavy atom. The average molecular weight is 412 g/mol. The Kier molecular flexibility index (Phi) is 5.05. The first-order valence-corrected chi connectivity index (χ1v) is 11.3. The number of aromatic nitrogens is 3. The molecule has 1 aliphatic heterocycles. The molecular formula is C21H25N5S2. The summed E-state index contributed by atoms with van der Waals surface area (Å²) in [4.78, 5) is 6.28. The summed E-state index contributed by atoms with van der Waals surface area (Å²) >= 11 is 7.62. The van der Waals surface area contributed by atoms with Gasteiger partial charge in [0.05, 0.1) is 6.67 Å². The maximum Gasteiger partial charge on any atom is 0.199 e. The Morgan fingerprint density at radius 2 is 1.79 bits per heavy atom. The predicted molar refractivity (Wildman–Crippen MR) is 117 cm³/mol. The van der Waals surface area contributed by atoms with Crippen LogP contribution in [0.1, 0.15) is 29.6 Å². The van der Waals surface area contributed by atoms with Crippen molar-refractivity contribution in [1.29, 1.82) is 0 Å². The van der Waals surface area contributed by atoms with Gasteiger partial charge in [0.15, 0.2) is 4.77 Å². The molecule has 0 amide bonds. The zero-order valence-corrected chi connectivity index (χ0v) is 17.5. The third-order valence-electron chi connectivity index (χ3n) is 5.59. The molecule has 2 fully saturated rings. The second-order valence-electron chi connectivity index (χ2n) is 7.64. The molecular weight excluding hydrogens is 386 g/mol. The fourth-order valence-electron chi connectivity index (χ4n) is 3.92. The van der Waals surface area contributed by atoms with Crippen LogP contribution in [0.25, 0.3) is 0 Å². The lowest BCUT2D eigenvalue weighted by Crippen LogP contribution is -2.47. The zero-order valence-electron chi connectivity index (χ0n) is 15.9. The molecule has 0 spiro atoms. The number of piperazine rings is 1. The molecule has 0 N–H and O–H groups in total. The number of thiophene rings is 1. The summed E-state index contributed by atoms with van der Waals surface area (Å²) in [5, 5.41) is 7.08. The second-order valence-corrected chi connectivity index (χ2v) is 9.04. The molecule has 1 saturated heterocycles. The maximum atomic E-state index is 5.82. The normalized spacial score (nSPS) is 17.9. The van der Waals surface area contributed by atoms with Crippen molar-refractivity contribution in [2.45, 2.75) is 32.0 Å². The molecule has 28 heavy (non-hydrogen) atoms. The van der Waals surface area contributed by atoms with Crippen LogP contribution < -0.4 is 4.90 Å². The Balaban J connectivity index is 1.29. The standard InChI is InChI=1S/C21H25N5S2/c27-21-25(16-23-10-12-24(13-11-23)17-5-2-1-3-6-17)22-20(26(21)18-8-9-18)15-19-7-4-14-28-19/h1-7,14,18H,8-13,15-16H2. The highest BCUT2D eigenvalue weighted by Gasteiger charge is 2.29. The smallest absolute Gasteiger partial charge is 0.199 e. The highest BCUT2D eigenvalue weighted by Crippen LogP contribution is 2.36. The summed E-state index contributed by atoms with van der Waals surface area (Å²) in [5.74, 6) is 1.12. The van der Waals surface area contributed by atoms with Crippen molar-refractivity contribution < 1.29 is 0 Å². The van der Waals surface area contributed by atoms with Crippen LogP contribution in [0.5, 0.6) is 0 Å². The van der Waals surface area contributed by atoms with E-state index in [1.165, 1.54) is 23.4 Å². The molecule has 0 atom stereocenters. The van der Waals surface area contributed by atoms with Crippen LogP contribution in [-0.4, -0.2) is 45.4 Å². The molecule has 146 valence electrons. The fourth-order valence-corrected chi connectivity index (χ4v) is 4.98. The monoisotopic (exact) mass is 411 g/mol. The van der Waals surface area contributed by atoms with E-state index in [1.54, 1.807) is 11.3 Å². The van der Waals surface area contributed by atoms with Crippen molar-refractivity contribution in [3.63, 3.8) is 0 Å². The van der Waals surface area contributed by atoms with Crippen LogP contribution in [0.15, 0.2) is 47.8 Å². The van der Waals surface area contributed by atoms with E-state index in [4.69, 9.17) is 17.3 Å². The van der Waals surface area contributed by atoms with Gasteiger partial charge in [0, 0.05) is 49.2 Å². The van der Waals surface area contributed by atoms with Crippen molar-refractivity contribution in [3.8, 4) is 0 Å². The van der Waals surface area contributed by atoms with Gasteiger partial charge in [0.1, 0.15) is 5.82 Å². The molecule has 5 rings (SSSR count). The van der Waals surface area contributed by atoms with Crippen LogP contribution in [0.3, 0.4) is 0 Å². The van der Waals surface area contributed by atoms with E-state index in [2.05, 4.69) is 66.9 Å². The number of hydrogen-bond acceptors (Lipinski definition) is 5. The van der Waals surface area contributed by atoms with Gasteiger partial charge in [-0.2, -0.15) is 5.10 Å². The largest absolute Gasteiger partial charge is 0.369 e. The molecule has 2 aromatic heterocycles. The molecule has 1 saturated carbocycles. The highest BCUT2D eigenvalue weighted by molar-refractivity contribution is 7.71. The van der Waals surface area contributed by atoms with Gasteiger partial charge in [-0.3, -0.25) is 4.90 Å². The Labute approximate surface area is 174 Å². The van der Waals surface area contributed by atoms with Crippen molar-refractivity contribution >= 4 is 29.2 Å². The number of hydrogen-bond donors (Lipinski definition) is 0. The summed E-state index contributed by atoms with van der Waals surface area (Å²) < 4.78 is 5.25. The minimum absolute atomic E-state index is 0.561. The Bertz CT molecular complexity index is 964. The van der Waals surface area contributed by atoms with Gasteiger partial charge in [0.2, 0.25) is 0 Å². The van der Waals surface area contributed by atoms with Crippen molar-refractivity contribution in [2.24, 2.45) is 0 Å². The van der Waals surface area contributed by atoms with Crippen LogP contribution in [0.4, 0.5) is 5.69 Å². The minimum Gasteiger partial charge on any atom is -0.369 e. The summed E-state index contributed by atoms with van der Waals surface area (Å²) in [6, 6.07) is 15.5. The van der Waals surface area contributed by atoms with Gasteiger partial charge in [-0.1, -0.05) is 24.3 Å². The molecule has 1 aromatic carbocycles. The van der Waals surface area contributed by atoms with E-state index in [0.717, 1.165) is 49.9 Å². The summed E-state index contributed by atoms with van der Waals surface area (Å²) in [5.41, 5.74) is 1.31. The minimum atomic E-state index is 0.561. The van der Waals surface area contributed by atoms with Crippen LogP contribution >= 0.6 is 23.6 Å². The van der Waals surface area contributed by atoms with Gasteiger partial charge in [-0.25, -0.2) is 4.68 Å². The molecule has 0 unspecified atom stereocenters. The van der Waals surface area contributed by atoms with Crippen LogP contribution in [0, 0.1) is 4.77 Å². The van der Waals surface area contributed by atoms with Crippen LogP contribution in [0.2, 0.25) is 0 Å². The average Bonchev–Trinajstić information content (AvgIpc) is 3.34. The predicted octanol–water partition coefficient (Wildman–Crippen LogP) is 4.18. The molecule has 2 aliphatic rings. The number of benzene rings is 1.